The third-order valence-electron chi connectivity index (χ3n) is 3.13. The van der Waals surface area contributed by atoms with Crippen LogP contribution < -0.4 is 0 Å². The quantitative estimate of drug-likeness (QED) is 0.598. The van der Waals surface area contributed by atoms with Crippen molar-refractivity contribution in [2.45, 2.75) is 13.0 Å². The Morgan fingerprint density at radius 2 is 2.05 bits per heavy atom. The van der Waals surface area contributed by atoms with Crippen molar-refractivity contribution in [3.05, 3.63) is 70.0 Å². The first-order chi connectivity index (χ1) is 9.66. The van der Waals surface area contributed by atoms with Crippen molar-refractivity contribution in [3.63, 3.8) is 0 Å². The third kappa shape index (κ3) is 3.86. The van der Waals surface area contributed by atoms with Crippen LogP contribution in [0.4, 0.5) is 5.69 Å². The topological polar surface area (TPSA) is 59.3 Å². The average Bonchev–Trinajstić information content (AvgIpc) is 2.46. The van der Waals surface area contributed by atoms with Crippen LogP contribution in [-0.4, -0.2) is 28.4 Å². The second-order valence-electron chi connectivity index (χ2n) is 4.73. The molecule has 0 fully saturated rings. The predicted molar refractivity (Wildman–Crippen MR) is 77.4 cm³/mol. The third-order valence-corrected chi connectivity index (χ3v) is 3.13. The number of nitro benzene ring substituents is 1. The van der Waals surface area contributed by atoms with Gasteiger partial charge in [0.25, 0.3) is 5.69 Å². The lowest BCUT2D eigenvalue weighted by Gasteiger charge is -2.16. The van der Waals surface area contributed by atoms with Gasteiger partial charge in [-0.1, -0.05) is 24.3 Å². The Hall–Kier alpha value is -2.27. The second-order valence-corrected chi connectivity index (χ2v) is 4.73. The van der Waals surface area contributed by atoms with Crippen molar-refractivity contribution < 1.29 is 4.92 Å². The van der Waals surface area contributed by atoms with Gasteiger partial charge in [-0.15, -0.1) is 0 Å². The smallest absolute Gasteiger partial charge is 0.272 e. The van der Waals surface area contributed by atoms with Gasteiger partial charge in [0.2, 0.25) is 0 Å². The summed E-state index contributed by atoms with van der Waals surface area (Å²) in [7, 11) is 2.00. The summed E-state index contributed by atoms with van der Waals surface area (Å²) in [6, 6.07) is 10.8. The normalized spacial score (nSPS) is 10.7. The van der Waals surface area contributed by atoms with Crippen molar-refractivity contribution in [2.75, 3.05) is 13.6 Å². The molecule has 2 aromatic rings. The monoisotopic (exact) mass is 271 g/mol. The van der Waals surface area contributed by atoms with Crippen molar-refractivity contribution in [3.8, 4) is 0 Å². The van der Waals surface area contributed by atoms with Gasteiger partial charge in [-0.3, -0.25) is 15.1 Å². The van der Waals surface area contributed by atoms with Crippen LogP contribution >= 0.6 is 0 Å². The van der Waals surface area contributed by atoms with E-state index in [-0.39, 0.29) is 10.6 Å². The highest BCUT2D eigenvalue weighted by molar-refractivity contribution is 5.39. The van der Waals surface area contributed by atoms with E-state index >= 15 is 0 Å². The van der Waals surface area contributed by atoms with Gasteiger partial charge >= 0.3 is 0 Å². The number of likely N-dealkylation sites (N-methyl/N-ethyl adjacent to an activating group) is 1. The molecule has 1 aromatic heterocycles. The second kappa shape index (κ2) is 6.77. The lowest BCUT2D eigenvalue weighted by atomic mass is 10.1. The van der Waals surface area contributed by atoms with Crippen LogP contribution in [0.5, 0.6) is 0 Å². The number of nitro groups is 1. The van der Waals surface area contributed by atoms with E-state index in [9.17, 15) is 10.1 Å². The minimum Gasteiger partial charge on any atom is -0.302 e. The Balaban J connectivity index is 1.94. The van der Waals surface area contributed by atoms with Crippen molar-refractivity contribution >= 4 is 5.69 Å². The molecule has 0 aliphatic carbocycles. The molecule has 0 bridgehead atoms. The summed E-state index contributed by atoms with van der Waals surface area (Å²) in [5, 5.41) is 10.9. The highest BCUT2D eigenvalue weighted by Crippen LogP contribution is 2.18. The first kappa shape index (κ1) is 14.1. The summed E-state index contributed by atoms with van der Waals surface area (Å²) in [6.07, 6.45) is 4.24. The van der Waals surface area contributed by atoms with E-state index in [1.165, 1.54) is 0 Å². The van der Waals surface area contributed by atoms with E-state index < -0.39 is 0 Å². The van der Waals surface area contributed by atoms with E-state index in [2.05, 4.69) is 9.88 Å². The van der Waals surface area contributed by atoms with Crippen LogP contribution in [0, 0.1) is 10.1 Å². The van der Waals surface area contributed by atoms with Crippen LogP contribution in [0.1, 0.15) is 11.1 Å². The fraction of sp³-hybridized carbons (Fsp3) is 0.267. The van der Waals surface area contributed by atoms with Gasteiger partial charge in [0.15, 0.2) is 0 Å². The van der Waals surface area contributed by atoms with Gasteiger partial charge in [-0.25, -0.2) is 0 Å². The molecule has 0 aliphatic heterocycles. The van der Waals surface area contributed by atoms with E-state index in [0.29, 0.717) is 6.42 Å². The number of nitrogens with zero attached hydrogens (tertiary/aromatic N) is 3. The van der Waals surface area contributed by atoms with Gasteiger partial charge in [0, 0.05) is 37.1 Å². The Morgan fingerprint density at radius 3 is 2.75 bits per heavy atom. The SMILES string of the molecule is CN(CCc1ccccc1[N+](=O)[O-])Cc1cccnc1. The van der Waals surface area contributed by atoms with E-state index in [0.717, 1.165) is 24.2 Å². The number of para-hydroxylation sites is 1. The zero-order chi connectivity index (χ0) is 14.4. The van der Waals surface area contributed by atoms with E-state index in [4.69, 9.17) is 0 Å². The molecule has 0 spiro atoms. The molecule has 0 aliphatic rings. The summed E-state index contributed by atoms with van der Waals surface area (Å²) in [4.78, 5) is 16.8. The molecule has 0 saturated carbocycles. The highest BCUT2D eigenvalue weighted by Gasteiger charge is 2.12. The molecular formula is C15H17N3O2. The summed E-state index contributed by atoms with van der Waals surface area (Å²) >= 11 is 0. The molecule has 0 N–H and O–H groups in total. The van der Waals surface area contributed by atoms with Gasteiger partial charge < -0.3 is 4.90 Å². The molecule has 1 heterocycles. The van der Waals surface area contributed by atoms with Gasteiger partial charge in [-0.2, -0.15) is 0 Å². The van der Waals surface area contributed by atoms with Crippen LogP contribution in [-0.2, 0) is 13.0 Å². The molecule has 0 atom stereocenters. The molecule has 104 valence electrons. The maximum atomic E-state index is 10.9. The number of hydrogen-bond donors (Lipinski definition) is 0. The molecule has 5 heteroatoms. The maximum absolute atomic E-state index is 10.9. The van der Waals surface area contributed by atoms with Gasteiger partial charge in [-0.05, 0) is 25.1 Å². The number of rotatable bonds is 6. The van der Waals surface area contributed by atoms with E-state index in [1.807, 2.05) is 37.5 Å². The minimum absolute atomic E-state index is 0.197. The van der Waals surface area contributed by atoms with Crippen molar-refractivity contribution in [1.29, 1.82) is 0 Å². The first-order valence-corrected chi connectivity index (χ1v) is 6.46. The molecule has 5 nitrogen and oxygen atoms in total. The van der Waals surface area contributed by atoms with E-state index in [1.54, 1.807) is 18.3 Å². The zero-order valence-corrected chi connectivity index (χ0v) is 11.4. The molecule has 0 amide bonds. The Kier molecular flexibility index (Phi) is 4.79. The molecule has 2 rings (SSSR count). The maximum Gasteiger partial charge on any atom is 0.272 e. The Morgan fingerprint density at radius 1 is 1.25 bits per heavy atom. The predicted octanol–water partition coefficient (Wildman–Crippen LogP) is 2.66. The van der Waals surface area contributed by atoms with Gasteiger partial charge in [0.1, 0.15) is 0 Å². The highest BCUT2D eigenvalue weighted by atomic mass is 16.6. The molecule has 0 saturated heterocycles. The van der Waals surface area contributed by atoms with Crippen molar-refractivity contribution in [2.24, 2.45) is 0 Å². The number of benzene rings is 1. The molecule has 0 radical (unpaired) electrons. The number of hydrogen-bond acceptors (Lipinski definition) is 4. The Labute approximate surface area is 118 Å². The summed E-state index contributed by atoms with van der Waals surface area (Å²) < 4.78 is 0. The standard InChI is InChI=1S/C15H17N3O2/c1-17(12-13-5-4-9-16-11-13)10-8-14-6-2-3-7-15(14)18(19)20/h2-7,9,11H,8,10,12H2,1H3. The zero-order valence-electron chi connectivity index (χ0n) is 11.4. The van der Waals surface area contributed by atoms with Gasteiger partial charge in [0.05, 0.1) is 4.92 Å². The fourth-order valence-electron chi connectivity index (χ4n) is 2.09. The summed E-state index contributed by atoms with van der Waals surface area (Å²) in [5.41, 5.74) is 2.11. The fourth-order valence-corrected chi connectivity index (χ4v) is 2.09. The molecule has 1 aromatic carbocycles. The first-order valence-electron chi connectivity index (χ1n) is 6.46. The number of pyridine rings is 1. The number of aromatic nitrogens is 1. The molecule has 0 unspecified atom stereocenters. The molecule has 20 heavy (non-hydrogen) atoms. The largest absolute Gasteiger partial charge is 0.302 e. The van der Waals surface area contributed by atoms with Crippen molar-refractivity contribution in [1.82, 2.24) is 9.88 Å². The molecular weight excluding hydrogens is 254 g/mol. The summed E-state index contributed by atoms with van der Waals surface area (Å²) in [5.74, 6) is 0. The lowest BCUT2D eigenvalue weighted by molar-refractivity contribution is -0.385. The van der Waals surface area contributed by atoms with Crippen LogP contribution in [0.3, 0.4) is 0 Å². The average molecular weight is 271 g/mol. The van der Waals surface area contributed by atoms with Crippen LogP contribution in [0.2, 0.25) is 0 Å². The summed E-state index contributed by atoms with van der Waals surface area (Å²) in [6.45, 7) is 1.55. The minimum atomic E-state index is -0.323. The lowest BCUT2D eigenvalue weighted by Crippen LogP contribution is -2.21. The Bertz CT molecular complexity index is 572. The van der Waals surface area contributed by atoms with Crippen LogP contribution in [0.25, 0.3) is 0 Å². The van der Waals surface area contributed by atoms with Crippen LogP contribution in [0.15, 0.2) is 48.8 Å².